The van der Waals surface area contributed by atoms with Crippen LogP contribution < -0.4 is 5.73 Å². The molecule has 0 radical (unpaired) electrons. The summed E-state index contributed by atoms with van der Waals surface area (Å²) in [6, 6.07) is 7.15. The van der Waals surface area contributed by atoms with Crippen LogP contribution in [-0.2, 0) is 0 Å². The monoisotopic (exact) mass is 275 g/mol. The average Bonchev–Trinajstić information content (AvgIpc) is 2.05. The second kappa shape index (κ2) is 4.35. The van der Waals surface area contributed by atoms with E-state index >= 15 is 0 Å². The number of rotatable bonds is 3. The van der Waals surface area contributed by atoms with Gasteiger partial charge in [0.25, 0.3) is 0 Å². The molecule has 64 valence electrons. The molecule has 0 saturated heterocycles. The summed E-state index contributed by atoms with van der Waals surface area (Å²) in [7, 11) is 0. The summed E-state index contributed by atoms with van der Waals surface area (Å²) in [5.74, 6) is 0.121. The zero-order valence-electron chi connectivity index (χ0n) is 6.59. The summed E-state index contributed by atoms with van der Waals surface area (Å²) in [6.07, 6.45) is 0. The number of hydrogen-bond acceptors (Lipinski definition) is 2. The molecule has 0 spiro atoms. The molecule has 0 aromatic heterocycles. The molecule has 0 aliphatic rings. The van der Waals surface area contributed by atoms with Crippen LogP contribution in [0, 0.1) is 0 Å². The van der Waals surface area contributed by atoms with Crippen LogP contribution in [0.1, 0.15) is 10.4 Å². The van der Waals surface area contributed by atoms with Crippen molar-refractivity contribution in [3.05, 3.63) is 29.8 Å². The fraction of sp³-hybridized carbons (Fsp3) is 0.111. The highest BCUT2D eigenvalue weighted by molar-refractivity contribution is 14.2. The first-order chi connectivity index (χ1) is 5.75. The van der Waals surface area contributed by atoms with Crippen LogP contribution in [-0.4, -0.2) is 14.7 Å². The molecule has 1 aromatic carbocycles. The molecule has 0 atom stereocenters. The number of ketones is 1. The Morgan fingerprint density at radius 2 is 2.17 bits per heavy atom. The molecule has 0 amide bonds. The van der Waals surface area contributed by atoms with Crippen LogP contribution in [0.4, 0.5) is 5.69 Å². The Hall–Kier alpha value is -0.710. The van der Waals surface area contributed by atoms with Crippen molar-refractivity contribution in [2.45, 2.75) is 0 Å². The molecule has 12 heavy (non-hydrogen) atoms. The van der Waals surface area contributed by atoms with Gasteiger partial charge in [-0.05, 0) is 12.1 Å². The maximum atomic E-state index is 11.4. The molecule has 0 aliphatic heterocycles. The van der Waals surface area contributed by atoms with Crippen molar-refractivity contribution in [3.8, 4) is 0 Å². The van der Waals surface area contributed by atoms with Crippen molar-refractivity contribution in [2.75, 3.05) is 10.2 Å². The van der Waals surface area contributed by atoms with Crippen molar-refractivity contribution in [2.24, 2.45) is 0 Å². The highest BCUT2D eigenvalue weighted by Crippen LogP contribution is 2.12. The maximum Gasteiger partial charge on any atom is 0.174 e. The molecule has 0 fully saturated rings. The summed E-state index contributed by atoms with van der Waals surface area (Å²) in [6.45, 7) is 0. The van der Waals surface area contributed by atoms with Gasteiger partial charge in [0, 0.05) is 11.3 Å². The van der Waals surface area contributed by atoms with E-state index in [1.807, 2.05) is 12.1 Å². The quantitative estimate of drug-likeness (QED) is 0.396. The standard InChI is InChI=1S/C9H10INO/c1-10-6-9(12)7-4-2-3-5-8(7)11/h2-5H,1,6,11H2. The van der Waals surface area contributed by atoms with Gasteiger partial charge in [-0.1, -0.05) is 16.6 Å². The minimum absolute atomic E-state index is 0.121. The van der Waals surface area contributed by atoms with E-state index in [0.29, 0.717) is 15.7 Å². The molecule has 0 saturated carbocycles. The maximum absolute atomic E-state index is 11.4. The number of Topliss-reactive ketones (excluding diaryl/α,β-unsaturated/α-hetero) is 1. The predicted octanol–water partition coefficient (Wildman–Crippen LogP) is 1.85. The summed E-state index contributed by atoms with van der Waals surface area (Å²) in [5.41, 5.74) is 6.83. The number of carbonyl (C=O) groups is 1. The molecule has 1 aromatic rings. The van der Waals surface area contributed by atoms with Crippen LogP contribution in [0.15, 0.2) is 24.3 Å². The van der Waals surface area contributed by atoms with E-state index < -0.39 is 0 Å². The fourth-order valence-corrected chi connectivity index (χ4v) is 1.81. The lowest BCUT2D eigenvalue weighted by atomic mass is 10.1. The lowest BCUT2D eigenvalue weighted by Gasteiger charge is -2.00. The predicted molar refractivity (Wildman–Crippen MR) is 61.2 cm³/mol. The van der Waals surface area contributed by atoms with Crippen LogP contribution in [0.25, 0.3) is 0 Å². The van der Waals surface area contributed by atoms with Gasteiger partial charge in [0.05, 0.1) is 4.43 Å². The Morgan fingerprint density at radius 1 is 1.50 bits per heavy atom. The molecule has 0 aliphatic carbocycles. The summed E-state index contributed by atoms with van der Waals surface area (Å²) in [4.78, 5) is 11.4. The number of para-hydroxylation sites is 1. The minimum atomic E-state index is -0.227. The van der Waals surface area contributed by atoms with Crippen LogP contribution >= 0.6 is 20.7 Å². The number of carbonyl (C=O) groups excluding carboxylic acids is 1. The Balaban J connectivity index is 2.94. The Labute approximate surface area is 81.5 Å². The van der Waals surface area contributed by atoms with E-state index in [4.69, 9.17) is 5.73 Å². The SMILES string of the molecule is C=ICC(=O)c1ccccc1N. The number of anilines is 1. The number of hydrogen-bond donors (Lipinski definition) is 1. The van der Waals surface area contributed by atoms with Crippen molar-refractivity contribution in [1.82, 2.24) is 0 Å². The Kier molecular flexibility index (Phi) is 3.40. The van der Waals surface area contributed by atoms with E-state index in [0.717, 1.165) is 0 Å². The fourth-order valence-electron chi connectivity index (χ4n) is 0.909. The lowest BCUT2D eigenvalue weighted by molar-refractivity contribution is 0.102. The zero-order chi connectivity index (χ0) is 8.97. The summed E-state index contributed by atoms with van der Waals surface area (Å²) >= 11 is -0.227. The van der Waals surface area contributed by atoms with Crippen LogP contribution in [0.2, 0.25) is 0 Å². The number of nitrogen functional groups attached to an aromatic ring is 1. The Morgan fingerprint density at radius 3 is 2.75 bits per heavy atom. The molecule has 0 heterocycles. The van der Waals surface area contributed by atoms with Crippen LogP contribution in [0.3, 0.4) is 0 Å². The molecule has 0 bridgehead atoms. The van der Waals surface area contributed by atoms with E-state index in [1.165, 1.54) is 0 Å². The van der Waals surface area contributed by atoms with E-state index in [-0.39, 0.29) is 26.5 Å². The number of halogens is 1. The normalized spacial score (nSPS) is 9.67. The van der Waals surface area contributed by atoms with Gasteiger partial charge in [0.1, 0.15) is 0 Å². The van der Waals surface area contributed by atoms with Crippen LogP contribution in [0.5, 0.6) is 0 Å². The van der Waals surface area contributed by atoms with Crippen molar-refractivity contribution in [3.63, 3.8) is 0 Å². The summed E-state index contributed by atoms with van der Waals surface area (Å²) < 4.78 is 4.31. The molecular formula is C9H10INO. The van der Waals surface area contributed by atoms with Gasteiger partial charge in [-0.25, -0.2) is 0 Å². The summed E-state index contributed by atoms with van der Waals surface area (Å²) in [5, 5.41) is 0. The first-order valence-corrected chi connectivity index (χ1v) is 6.51. The molecular weight excluding hydrogens is 265 g/mol. The van der Waals surface area contributed by atoms with Crippen molar-refractivity contribution in [1.29, 1.82) is 0 Å². The highest BCUT2D eigenvalue weighted by Gasteiger charge is 2.05. The third kappa shape index (κ3) is 2.14. The van der Waals surface area contributed by atoms with E-state index in [9.17, 15) is 4.79 Å². The molecule has 1 rings (SSSR count). The topological polar surface area (TPSA) is 43.1 Å². The highest BCUT2D eigenvalue weighted by atomic mass is 127. The second-order valence-corrected chi connectivity index (χ2v) is 4.17. The smallest absolute Gasteiger partial charge is 0.174 e. The molecule has 2 nitrogen and oxygen atoms in total. The van der Waals surface area contributed by atoms with Gasteiger partial charge >= 0.3 is 0 Å². The van der Waals surface area contributed by atoms with Gasteiger partial charge in [-0.3, -0.25) is 4.79 Å². The van der Waals surface area contributed by atoms with Crippen molar-refractivity contribution < 1.29 is 4.79 Å². The van der Waals surface area contributed by atoms with Crippen molar-refractivity contribution >= 4 is 36.7 Å². The van der Waals surface area contributed by atoms with Gasteiger partial charge in [-0.15, -0.1) is 20.7 Å². The van der Waals surface area contributed by atoms with E-state index in [2.05, 4.69) is 4.51 Å². The minimum Gasteiger partial charge on any atom is -0.398 e. The first kappa shape index (κ1) is 9.38. The molecule has 2 N–H and O–H groups in total. The Bertz CT molecular complexity index is 309. The molecule has 0 unspecified atom stereocenters. The number of alkyl halides is 1. The van der Waals surface area contributed by atoms with Gasteiger partial charge in [0.15, 0.2) is 5.78 Å². The largest absolute Gasteiger partial charge is 0.398 e. The number of nitrogens with two attached hydrogens (primary N) is 1. The average molecular weight is 275 g/mol. The van der Waals surface area contributed by atoms with Gasteiger partial charge in [0.2, 0.25) is 0 Å². The number of benzene rings is 1. The first-order valence-electron chi connectivity index (χ1n) is 3.46. The second-order valence-electron chi connectivity index (χ2n) is 2.33. The van der Waals surface area contributed by atoms with E-state index in [1.54, 1.807) is 12.1 Å². The molecule has 3 heteroatoms. The van der Waals surface area contributed by atoms with Gasteiger partial charge < -0.3 is 5.73 Å². The zero-order valence-corrected chi connectivity index (χ0v) is 8.74. The lowest BCUT2D eigenvalue weighted by Crippen LogP contribution is -2.04. The third-order valence-corrected chi connectivity index (χ3v) is 2.71. The van der Waals surface area contributed by atoms with Gasteiger partial charge in [-0.2, -0.15) is 0 Å². The third-order valence-electron chi connectivity index (χ3n) is 1.48.